The predicted octanol–water partition coefficient (Wildman–Crippen LogP) is 1.48. The van der Waals surface area contributed by atoms with Gasteiger partial charge in [-0.15, -0.1) is 12.4 Å². The van der Waals surface area contributed by atoms with Gasteiger partial charge in [0.05, 0.1) is 11.5 Å². The lowest BCUT2D eigenvalue weighted by Gasteiger charge is -2.17. The molecule has 2 N–H and O–H groups in total. The fraction of sp³-hybridized carbons (Fsp3) is 0.533. The topological polar surface area (TPSA) is 89.7 Å². The maximum Gasteiger partial charge on any atom is 0.222 e. The third kappa shape index (κ3) is 8.20. The van der Waals surface area contributed by atoms with E-state index in [1.165, 1.54) is 18.4 Å². The molecular formula is C15H25ClN2O4S. The van der Waals surface area contributed by atoms with E-state index in [1.54, 1.807) is 24.1 Å². The van der Waals surface area contributed by atoms with Crippen LogP contribution in [-0.4, -0.2) is 52.2 Å². The first kappa shape index (κ1) is 21.7. The highest BCUT2D eigenvalue weighted by atomic mass is 35.5. The molecule has 0 aliphatic carbocycles. The number of rotatable bonds is 9. The number of amides is 1. The van der Waals surface area contributed by atoms with Crippen LogP contribution in [0.2, 0.25) is 0 Å². The van der Waals surface area contributed by atoms with Crippen LogP contribution in [0.25, 0.3) is 0 Å². The van der Waals surface area contributed by atoms with Crippen molar-refractivity contribution in [3.8, 4) is 5.75 Å². The van der Waals surface area contributed by atoms with Crippen LogP contribution in [0.5, 0.6) is 5.75 Å². The molecule has 8 heteroatoms. The summed E-state index contributed by atoms with van der Waals surface area (Å²) in [6.07, 6.45) is 3.05. The van der Waals surface area contributed by atoms with E-state index in [0.717, 1.165) is 0 Å². The van der Waals surface area contributed by atoms with Gasteiger partial charge in [0, 0.05) is 26.3 Å². The van der Waals surface area contributed by atoms with Crippen LogP contribution >= 0.6 is 12.4 Å². The number of sulfone groups is 1. The molecule has 0 bridgehead atoms. The molecule has 0 saturated heterocycles. The van der Waals surface area contributed by atoms with Crippen molar-refractivity contribution in [1.29, 1.82) is 0 Å². The first-order valence-electron chi connectivity index (χ1n) is 7.21. The van der Waals surface area contributed by atoms with Crippen molar-refractivity contribution in [2.75, 3.05) is 33.0 Å². The third-order valence-corrected chi connectivity index (χ3v) is 4.31. The lowest BCUT2D eigenvalue weighted by molar-refractivity contribution is -0.130. The molecule has 0 radical (unpaired) electrons. The highest BCUT2D eigenvalue weighted by molar-refractivity contribution is 7.90. The summed E-state index contributed by atoms with van der Waals surface area (Å²) in [6.45, 7) is 1.60. The molecule has 0 unspecified atom stereocenters. The molecule has 1 aromatic rings. The maximum atomic E-state index is 11.7. The molecule has 0 aromatic heterocycles. The fourth-order valence-electron chi connectivity index (χ4n) is 1.84. The number of hydrogen-bond donors (Lipinski definition) is 1. The van der Waals surface area contributed by atoms with Gasteiger partial charge in [0.1, 0.15) is 5.75 Å². The number of carbonyl (C=O) groups is 1. The maximum absolute atomic E-state index is 11.7. The van der Waals surface area contributed by atoms with E-state index in [-0.39, 0.29) is 23.2 Å². The van der Waals surface area contributed by atoms with Crippen LogP contribution in [0.4, 0.5) is 0 Å². The molecule has 1 amide bonds. The summed E-state index contributed by atoms with van der Waals surface area (Å²) in [6, 6.07) is 6.30. The van der Waals surface area contributed by atoms with Gasteiger partial charge in [0.15, 0.2) is 9.84 Å². The number of halogens is 1. The van der Waals surface area contributed by atoms with E-state index in [9.17, 15) is 13.2 Å². The quantitative estimate of drug-likeness (QED) is 0.670. The minimum Gasteiger partial charge on any atom is -0.494 e. The largest absolute Gasteiger partial charge is 0.494 e. The predicted molar refractivity (Wildman–Crippen MR) is 92.8 cm³/mol. The summed E-state index contributed by atoms with van der Waals surface area (Å²) in [7, 11) is -1.42. The minimum absolute atomic E-state index is 0. The SMILES string of the molecule is CN(CCCOc1ccc(S(C)(=O)=O)cc1)C(=O)CCCN.Cl. The zero-order valence-electron chi connectivity index (χ0n) is 13.5. The molecule has 23 heavy (non-hydrogen) atoms. The number of nitrogens with two attached hydrogens (primary N) is 1. The summed E-state index contributed by atoms with van der Waals surface area (Å²) in [5, 5.41) is 0. The summed E-state index contributed by atoms with van der Waals surface area (Å²) in [5.74, 6) is 0.701. The molecule has 1 aromatic carbocycles. The highest BCUT2D eigenvalue weighted by Crippen LogP contribution is 2.15. The average Bonchev–Trinajstić information content (AvgIpc) is 2.48. The van der Waals surface area contributed by atoms with Gasteiger partial charge < -0.3 is 15.4 Å². The Morgan fingerprint density at radius 1 is 1.22 bits per heavy atom. The van der Waals surface area contributed by atoms with Gasteiger partial charge in [0.25, 0.3) is 0 Å². The standard InChI is InChI=1S/C15H24N2O4S.ClH/c1-17(15(18)5-3-10-16)11-4-12-21-13-6-8-14(9-7-13)22(2,19)20;/h6-9H,3-5,10-12,16H2,1-2H3;1H. The number of nitrogens with zero attached hydrogens (tertiary/aromatic N) is 1. The first-order chi connectivity index (χ1) is 10.3. The Morgan fingerprint density at radius 3 is 2.35 bits per heavy atom. The molecule has 1 rings (SSSR count). The van der Waals surface area contributed by atoms with Crippen LogP contribution in [0, 0.1) is 0 Å². The lowest BCUT2D eigenvalue weighted by Crippen LogP contribution is -2.28. The van der Waals surface area contributed by atoms with Crippen molar-refractivity contribution < 1.29 is 17.9 Å². The Balaban J connectivity index is 0.00000484. The molecule has 0 heterocycles. The van der Waals surface area contributed by atoms with Gasteiger partial charge in [-0.25, -0.2) is 8.42 Å². The van der Waals surface area contributed by atoms with Crippen molar-refractivity contribution in [3.63, 3.8) is 0 Å². The number of benzene rings is 1. The normalized spacial score (nSPS) is 10.7. The van der Waals surface area contributed by atoms with Crippen LogP contribution in [0.1, 0.15) is 19.3 Å². The zero-order chi connectivity index (χ0) is 16.6. The van der Waals surface area contributed by atoms with Crippen molar-refractivity contribution in [1.82, 2.24) is 4.90 Å². The van der Waals surface area contributed by atoms with Crippen LogP contribution in [-0.2, 0) is 14.6 Å². The lowest BCUT2D eigenvalue weighted by atomic mass is 10.2. The highest BCUT2D eigenvalue weighted by Gasteiger charge is 2.08. The molecule has 0 fully saturated rings. The van der Waals surface area contributed by atoms with E-state index < -0.39 is 9.84 Å². The van der Waals surface area contributed by atoms with Crippen molar-refractivity contribution in [2.45, 2.75) is 24.2 Å². The summed E-state index contributed by atoms with van der Waals surface area (Å²) >= 11 is 0. The van der Waals surface area contributed by atoms with Crippen molar-refractivity contribution >= 4 is 28.2 Å². The Kier molecular flexibility index (Phi) is 9.87. The Morgan fingerprint density at radius 2 is 1.83 bits per heavy atom. The van der Waals surface area contributed by atoms with Gasteiger partial charge in [-0.2, -0.15) is 0 Å². The van der Waals surface area contributed by atoms with Gasteiger partial charge in [0.2, 0.25) is 5.91 Å². The second-order valence-corrected chi connectivity index (χ2v) is 7.17. The second-order valence-electron chi connectivity index (χ2n) is 5.15. The van der Waals surface area contributed by atoms with Gasteiger partial charge in [-0.3, -0.25) is 4.79 Å². The molecule has 0 aliphatic heterocycles. The first-order valence-corrected chi connectivity index (χ1v) is 9.10. The summed E-state index contributed by atoms with van der Waals surface area (Å²) in [4.78, 5) is 13.6. The van der Waals surface area contributed by atoms with Gasteiger partial charge in [-0.05, 0) is 43.7 Å². The molecule has 0 saturated carbocycles. The van der Waals surface area contributed by atoms with E-state index in [2.05, 4.69) is 0 Å². The van der Waals surface area contributed by atoms with E-state index >= 15 is 0 Å². The second kappa shape index (κ2) is 10.5. The zero-order valence-corrected chi connectivity index (χ0v) is 15.2. The van der Waals surface area contributed by atoms with E-state index in [4.69, 9.17) is 10.5 Å². The van der Waals surface area contributed by atoms with Crippen molar-refractivity contribution in [2.24, 2.45) is 5.73 Å². The molecular weight excluding hydrogens is 340 g/mol. The number of carbonyl (C=O) groups excluding carboxylic acids is 1. The summed E-state index contributed by atoms with van der Waals surface area (Å²) in [5.41, 5.74) is 5.37. The van der Waals surface area contributed by atoms with Crippen molar-refractivity contribution in [3.05, 3.63) is 24.3 Å². The number of hydrogen-bond acceptors (Lipinski definition) is 5. The number of ether oxygens (including phenoxy) is 1. The van der Waals surface area contributed by atoms with Crippen LogP contribution in [0.15, 0.2) is 29.2 Å². The van der Waals surface area contributed by atoms with Crippen LogP contribution in [0.3, 0.4) is 0 Å². The van der Waals surface area contributed by atoms with Gasteiger partial charge >= 0.3 is 0 Å². The Bertz CT molecular complexity index is 576. The molecule has 0 atom stereocenters. The van der Waals surface area contributed by atoms with E-state index in [0.29, 0.717) is 44.7 Å². The van der Waals surface area contributed by atoms with Crippen LogP contribution < -0.4 is 10.5 Å². The molecule has 132 valence electrons. The Hall–Kier alpha value is -1.31. The van der Waals surface area contributed by atoms with E-state index in [1.807, 2.05) is 0 Å². The van der Waals surface area contributed by atoms with Gasteiger partial charge in [-0.1, -0.05) is 0 Å². The smallest absolute Gasteiger partial charge is 0.222 e. The summed E-state index contributed by atoms with van der Waals surface area (Å²) < 4.78 is 28.2. The minimum atomic E-state index is -3.18. The Labute approximate surface area is 144 Å². The fourth-order valence-corrected chi connectivity index (χ4v) is 2.47. The monoisotopic (exact) mass is 364 g/mol. The third-order valence-electron chi connectivity index (χ3n) is 3.18. The molecule has 0 aliphatic rings. The average molecular weight is 365 g/mol. The molecule has 6 nitrogen and oxygen atoms in total. The molecule has 0 spiro atoms.